The molecule has 0 aliphatic heterocycles. The van der Waals surface area contributed by atoms with Crippen LogP contribution in [-0.2, 0) is 0 Å². The Bertz CT molecular complexity index is 788. The van der Waals surface area contributed by atoms with Crippen molar-refractivity contribution in [3.63, 3.8) is 0 Å². The summed E-state index contributed by atoms with van der Waals surface area (Å²) in [7, 11) is 0. The molecule has 0 bridgehead atoms. The molecule has 20 heavy (non-hydrogen) atoms. The van der Waals surface area contributed by atoms with Gasteiger partial charge in [-0.3, -0.25) is 4.79 Å². The van der Waals surface area contributed by atoms with Crippen molar-refractivity contribution in [3.8, 4) is 0 Å². The first kappa shape index (κ1) is 13.3. The van der Waals surface area contributed by atoms with Crippen LogP contribution in [0.15, 0.2) is 69.0 Å². The second-order valence-electron chi connectivity index (χ2n) is 4.23. The second-order valence-corrected chi connectivity index (χ2v) is 6.11. The molecule has 0 N–H and O–H groups in total. The van der Waals surface area contributed by atoms with Crippen LogP contribution in [0.25, 0.3) is 10.9 Å². The van der Waals surface area contributed by atoms with E-state index in [-0.39, 0.29) is 0 Å². The van der Waals surface area contributed by atoms with Gasteiger partial charge in [0.2, 0.25) is 0 Å². The molecule has 0 radical (unpaired) electrons. The molecule has 0 spiro atoms. The van der Waals surface area contributed by atoms with E-state index in [2.05, 4.69) is 20.9 Å². The quantitative estimate of drug-likeness (QED) is 0.629. The van der Waals surface area contributed by atoms with Crippen LogP contribution < -0.4 is 0 Å². The number of aldehydes is 1. The van der Waals surface area contributed by atoms with E-state index in [1.54, 1.807) is 0 Å². The molecule has 0 atom stereocenters. The van der Waals surface area contributed by atoms with Crippen LogP contribution in [0.4, 0.5) is 0 Å². The van der Waals surface area contributed by atoms with Crippen molar-refractivity contribution in [2.45, 2.75) is 9.92 Å². The molecule has 4 heteroatoms. The van der Waals surface area contributed by atoms with Crippen LogP contribution >= 0.6 is 27.7 Å². The van der Waals surface area contributed by atoms with Crippen LogP contribution in [0.3, 0.4) is 0 Å². The van der Waals surface area contributed by atoms with Crippen LogP contribution in [-0.4, -0.2) is 11.3 Å². The fourth-order valence-corrected chi connectivity index (χ4v) is 3.33. The highest BCUT2D eigenvalue weighted by molar-refractivity contribution is 9.10. The zero-order valence-electron chi connectivity index (χ0n) is 10.4. The third-order valence-electron chi connectivity index (χ3n) is 2.89. The maximum absolute atomic E-state index is 11.3. The fourth-order valence-electron chi connectivity index (χ4n) is 1.91. The van der Waals surface area contributed by atoms with Gasteiger partial charge in [0.25, 0.3) is 0 Å². The van der Waals surface area contributed by atoms with Gasteiger partial charge in [0, 0.05) is 20.3 Å². The largest absolute Gasteiger partial charge is 0.298 e. The Morgan fingerprint density at radius 3 is 2.60 bits per heavy atom. The molecule has 98 valence electrons. The third-order valence-corrected chi connectivity index (χ3v) is 4.94. The van der Waals surface area contributed by atoms with Gasteiger partial charge in [-0.25, -0.2) is 4.98 Å². The Kier molecular flexibility index (Phi) is 3.85. The van der Waals surface area contributed by atoms with Crippen molar-refractivity contribution in [1.29, 1.82) is 0 Å². The average Bonchev–Trinajstić information content (AvgIpc) is 2.49. The summed E-state index contributed by atoms with van der Waals surface area (Å²) in [6, 6.07) is 17.6. The number of benzene rings is 2. The molecular formula is C16H10BrNOS. The van der Waals surface area contributed by atoms with Gasteiger partial charge in [0.15, 0.2) is 6.29 Å². The highest BCUT2D eigenvalue weighted by Crippen LogP contribution is 2.34. The molecule has 2 nitrogen and oxygen atoms in total. The smallest absolute Gasteiger partial charge is 0.152 e. The Morgan fingerprint density at radius 2 is 1.80 bits per heavy atom. The fraction of sp³-hybridized carbons (Fsp3) is 0. The minimum Gasteiger partial charge on any atom is -0.298 e. The monoisotopic (exact) mass is 343 g/mol. The van der Waals surface area contributed by atoms with Crippen molar-refractivity contribution in [1.82, 2.24) is 4.98 Å². The zero-order chi connectivity index (χ0) is 13.9. The maximum Gasteiger partial charge on any atom is 0.152 e. The lowest BCUT2D eigenvalue weighted by Crippen LogP contribution is -1.91. The van der Waals surface area contributed by atoms with Crippen molar-refractivity contribution in [3.05, 3.63) is 64.6 Å². The van der Waals surface area contributed by atoms with Gasteiger partial charge in [-0.15, -0.1) is 0 Å². The van der Waals surface area contributed by atoms with Gasteiger partial charge in [-0.05, 0) is 40.2 Å². The first-order valence-electron chi connectivity index (χ1n) is 6.05. The van der Waals surface area contributed by atoms with Gasteiger partial charge in [-0.2, -0.15) is 0 Å². The number of carbonyl (C=O) groups excluding carboxylic acids is 1. The predicted octanol–water partition coefficient (Wildman–Crippen LogP) is 4.96. The third kappa shape index (κ3) is 2.62. The standard InChI is InChI=1S/C16H10BrNOS/c17-13-6-2-4-8-15(13)20-16-12(10-19)9-11-5-1-3-7-14(11)18-16/h1-10H. The Labute approximate surface area is 129 Å². The molecule has 1 heterocycles. The van der Waals surface area contributed by atoms with Crippen molar-refractivity contribution in [2.24, 2.45) is 0 Å². The van der Waals surface area contributed by atoms with Crippen molar-refractivity contribution >= 4 is 44.9 Å². The molecule has 2 aromatic carbocycles. The molecule has 0 saturated carbocycles. The lowest BCUT2D eigenvalue weighted by Gasteiger charge is -2.07. The lowest BCUT2D eigenvalue weighted by molar-refractivity contribution is 0.112. The molecule has 0 fully saturated rings. The molecule has 3 rings (SSSR count). The minimum absolute atomic E-state index is 0.615. The SMILES string of the molecule is O=Cc1cc2ccccc2nc1Sc1ccccc1Br. The number of fused-ring (bicyclic) bond motifs is 1. The molecule has 3 aromatic rings. The van der Waals surface area contributed by atoms with E-state index < -0.39 is 0 Å². The molecule has 1 aromatic heterocycles. The van der Waals surface area contributed by atoms with E-state index in [1.165, 1.54) is 11.8 Å². The summed E-state index contributed by atoms with van der Waals surface area (Å²) in [4.78, 5) is 16.9. The number of carbonyl (C=O) groups is 1. The summed E-state index contributed by atoms with van der Waals surface area (Å²) < 4.78 is 0.997. The molecule has 0 aliphatic carbocycles. The van der Waals surface area contributed by atoms with E-state index in [4.69, 9.17) is 0 Å². The van der Waals surface area contributed by atoms with E-state index in [0.717, 1.165) is 31.6 Å². The number of nitrogens with zero attached hydrogens (tertiary/aromatic N) is 1. The highest BCUT2D eigenvalue weighted by Gasteiger charge is 2.09. The van der Waals surface area contributed by atoms with Gasteiger partial charge >= 0.3 is 0 Å². The molecule has 0 amide bonds. The first-order valence-corrected chi connectivity index (χ1v) is 7.66. The second kappa shape index (κ2) is 5.77. The maximum atomic E-state index is 11.3. The van der Waals surface area contributed by atoms with Gasteiger partial charge in [0.1, 0.15) is 5.03 Å². The molecule has 0 aliphatic rings. The summed E-state index contributed by atoms with van der Waals surface area (Å²) in [5.41, 5.74) is 1.51. The van der Waals surface area contributed by atoms with Crippen LogP contribution in [0.2, 0.25) is 0 Å². The van der Waals surface area contributed by atoms with E-state index >= 15 is 0 Å². The number of hydrogen-bond acceptors (Lipinski definition) is 3. The summed E-state index contributed by atoms with van der Waals surface area (Å²) in [6.07, 6.45) is 0.860. The number of pyridine rings is 1. The Hall–Kier alpha value is -1.65. The topological polar surface area (TPSA) is 30.0 Å². The summed E-state index contributed by atoms with van der Waals surface area (Å²) in [5, 5.41) is 1.71. The summed E-state index contributed by atoms with van der Waals surface area (Å²) in [5.74, 6) is 0. The number of hydrogen-bond donors (Lipinski definition) is 0. The molecule has 0 unspecified atom stereocenters. The van der Waals surface area contributed by atoms with Crippen molar-refractivity contribution < 1.29 is 4.79 Å². The lowest BCUT2D eigenvalue weighted by atomic mass is 10.2. The normalized spacial score (nSPS) is 10.7. The van der Waals surface area contributed by atoms with E-state index in [9.17, 15) is 4.79 Å². The Morgan fingerprint density at radius 1 is 1.05 bits per heavy atom. The average molecular weight is 344 g/mol. The number of halogens is 1. The van der Waals surface area contributed by atoms with Crippen LogP contribution in [0.1, 0.15) is 10.4 Å². The molecule has 0 saturated heterocycles. The van der Waals surface area contributed by atoms with Crippen LogP contribution in [0, 0.1) is 0 Å². The van der Waals surface area contributed by atoms with E-state index in [0.29, 0.717) is 5.56 Å². The van der Waals surface area contributed by atoms with E-state index in [1.807, 2.05) is 54.6 Å². The number of rotatable bonds is 3. The molecular weight excluding hydrogens is 334 g/mol. The van der Waals surface area contributed by atoms with Crippen molar-refractivity contribution in [2.75, 3.05) is 0 Å². The van der Waals surface area contributed by atoms with Gasteiger partial charge < -0.3 is 0 Å². The number of para-hydroxylation sites is 1. The van der Waals surface area contributed by atoms with Crippen LogP contribution in [0.5, 0.6) is 0 Å². The first-order chi connectivity index (χ1) is 9.78. The zero-order valence-corrected chi connectivity index (χ0v) is 12.8. The number of aromatic nitrogens is 1. The van der Waals surface area contributed by atoms with Gasteiger partial charge in [0.05, 0.1) is 5.52 Å². The minimum atomic E-state index is 0.615. The predicted molar refractivity (Wildman–Crippen MR) is 85.4 cm³/mol. The summed E-state index contributed by atoms with van der Waals surface area (Å²) >= 11 is 5.00. The highest BCUT2D eigenvalue weighted by atomic mass is 79.9. The summed E-state index contributed by atoms with van der Waals surface area (Å²) in [6.45, 7) is 0. The Balaban J connectivity index is 2.10. The van der Waals surface area contributed by atoms with Gasteiger partial charge in [-0.1, -0.05) is 42.1 Å².